The molecule has 3 rings (SSSR count). The normalized spacial score (nSPS) is 12.7. The van der Waals surface area contributed by atoms with E-state index in [9.17, 15) is 34.8 Å². The van der Waals surface area contributed by atoms with Crippen molar-refractivity contribution in [1.29, 1.82) is 0 Å². The van der Waals surface area contributed by atoms with Gasteiger partial charge in [-0.05, 0) is 35.9 Å². The Morgan fingerprint density at radius 3 is 2.23 bits per heavy atom. The number of sulfonamides is 1. The van der Waals surface area contributed by atoms with Gasteiger partial charge in [0.15, 0.2) is 0 Å². The maximum absolute atomic E-state index is 12.8. The Bertz CT molecular complexity index is 1190. The predicted octanol–water partition coefficient (Wildman–Crippen LogP) is 4.66. The second kappa shape index (κ2) is 8.27. The Labute approximate surface area is 172 Å². The molecule has 12 heteroatoms. The first-order valence-corrected chi connectivity index (χ1v) is 10.00. The molecule has 1 aromatic heterocycles. The highest BCUT2D eigenvalue weighted by molar-refractivity contribution is 7.89. The van der Waals surface area contributed by atoms with Crippen molar-refractivity contribution in [3.05, 3.63) is 77.7 Å². The molecule has 2 aromatic carbocycles. The van der Waals surface area contributed by atoms with Crippen LogP contribution in [0.5, 0.6) is 0 Å². The van der Waals surface area contributed by atoms with Gasteiger partial charge in [-0.25, -0.2) is 23.1 Å². The van der Waals surface area contributed by atoms with Gasteiger partial charge in [0, 0.05) is 12.1 Å². The summed E-state index contributed by atoms with van der Waals surface area (Å²) in [6.45, 7) is -0.302. The average Bonchev–Trinajstić information content (AvgIpc) is 2.71. The molecule has 0 unspecified atom stereocenters. The minimum absolute atomic E-state index is 0.0232. The topological polar surface area (TPSA) is 72.0 Å². The second-order valence-corrected chi connectivity index (χ2v) is 8.10. The summed E-state index contributed by atoms with van der Waals surface area (Å²) >= 11 is 0. The number of aromatic nitrogens is 2. The van der Waals surface area contributed by atoms with Crippen molar-refractivity contribution >= 4 is 10.0 Å². The third-order valence-electron chi connectivity index (χ3n) is 4.12. The lowest BCUT2D eigenvalue weighted by atomic mass is 10.1. The monoisotopic (exact) mass is 461 g/mol. The van der Waals surface area contributed by atoms with E-state index in [1.807, 2.05) is 0 Å². The summed E-state index contributed by atoms with van der Waals surface area (Å²) in [5.41, 5.74) is -1.62. The number of nitrogens with zero attached hydrogens (tertiary/aromatic N) is 2. The van der Waals surface area contributed by atoms with E-state index in [2.05, 4.69) is 14.7 Å². The lowest BCUT2D eigenvalue weighted by Crippen LogP contribution is -2.23. The van der Waals surface area contributed by atoms with Gasteiger partial charge >= 0.3 is 12.4 Å². The van der Waals surface area contributed by atoms with E-state index in [1.165, 1.54) is 24.3 Å². The highest BCUT2D eigenvalue weighted by Crippen LogP contribution is 2.31. The molecule has 0 bridgehead atoms. The Morgan fingerprint density at radius 2 is 1.55 bits per heavy atom. The molecule has 1 heterocycles. The van der Waals surface area contributed by atoms with E-state index in [0.29, 0.717) is 11.6 Å². The predicted molar refractivity (Wildman–Crippen MR) is 97.9 cm³/mol. The van der Waals surface area contributed by atoms with Crippen LogP contribution in [0, 0.1) is 0 Å². The summed E-state index contributed by atoms with van der Waals surface area (Å²) in [7, 11) is -4.27. The standard InChI is InChI=1S/C19H13F6N3O2S/c20-18(21,22)14-5-2-6-15(8-14)31(29,30)28-10-12-3-1-4-13(7-12)16-9-17(19(23,24)25)27-11-26-16/h1-9,11,28H,10H2. The molecule has 0 spiro atoms. The van der Waals surface area contributed by atoms with Crippen molar-refractivity contribution in [2.45, 2.75) is 23.8 Å². The third kappa shape index (κ3) is 5.58. The fraction of sp³-hybridized carbons (Fsp3) is 0.158. The minimum atomic E-state index is -4.70. The quantitative estimate of drug-likeness (QED) is 0.561. The maximum atomic E-state index is 12.8. The van der Waals surface area contributed by atoms with Crippen molar-refractivity contribution in [2.24, 2.45) is 0 Å². The molecule has 3 aromatic rings. The van der Waals surface area contributed by atoms with Crippen LogP contribution in [0.2, 0.25) is 0 Å². The molecule has 1 N–H and O–H groups in total. The minimum Gasteiger partial charge on any atom is -0.236 e. The number of nitrogens with one attached hydrogen (secondary N) is 1. The lowest BCUT2D eigenvalue weighted by molar-refractivity contribution is -0.141. The summed E-state index contributed by atoms with van der Waals surface area (Å²) < 4.78 is 104. The van der Waals surface area contributed by atoms with Crippen LogP contribution in [0.15, 0.2) is 65.8 Å². The smallest absolute Gasteiger partial charge is 0.236 e. The first-order valence-electron chi connectivity index (χ1n) is 8.52. The van der Waals surface area contributed by atoms with Crippen LogP contribution < -0.4 is 4.72 Å². The van der Waals surface area contributed by atoms with E-state index < -0.39 is 38.5 Å². The number of hydrogen-bond donors (Lipinski definition) is 1. The van der Waals surface area contributed by atoms with Gasteiger partial charge in [-0.3, -0.25) is 0 Å². The molecule has 0 saturated carbocycles. The van der Waals surface area contributed by atoms with Crippen LogP contribution in [0.4, 0.5) is 26.3 Å². The molecule has 0 aliphatic carbocycles. The van der Waals surface area contributed by atoms with Gasteiger partial charge in [0.25, 0.3) is 0 Å². The summed E-state index contributed by atoms with van der Waals surface area (Å²) in [6.07, 6.45) is -8.59. The molecule has 164 valence electrons. The average molecular weight is 461 g/mol. The van der Waals surface area contributed by atoms with Crippen LogP contribution in [0.25, 0.3) is 11.3 Å². The number of benzene rings is 2. The SMILES string of the molecule is O=S(=O)(NCc1cccc(-c2cc(C(F)(F)F)ncn2)c1)c1cccc(C(F)(F)F)c1. The summed E-state index contributed by atoms with van der Waals surface area (Å²) in [5.74, 6) is 0. The Hall–Kier alpha value is -2.99. The van der Waals surface area contributed by atoms with E-state index >= 15 is 0 Å². The van der Waals surface area contributed by atoms with Crippen LogP contribution >= 0.6 is 0 Å². The molecule has 5 nitrogen and oxygen atoms in total. The first-order chi connectivity index (χ1) is 14.4. The zero-order valence-corrected chi connectivity index (χ0v) is 16.2. The van der Waals surface area contributed by atoms with Crippen molar-refractivity contribution < 1.29 is 34.8 Å². The van der Waals surface area contributed by atoms with Gasteiger partial charge < -0.3 is 0 Å². The Kier molecular flexibility index (Phi) is 6.05. The molecule has 0 radical (unpaired) electrons. The van der Waals surface area contributed by atoms with E-state index in [1.54, 1.807) is 0 Å². The molecular weight excluding hydrogens is 448 g/mol. The van der Waals surface area contributed by atoms with Gasteiger partial charge in [-0.1, -0.05) is 24.3 Å². The van der Waals surface area contributed by atoms with Crippen LogP contribution in [-0.4, -0.2) is 18.4 Å². The molecule has 0 fully saturated rings. The zero-order valence-electron chi connectivity index (χ0n) is 15.4. The van der Waals surface area contributed by atoms with Crippen molar-refractivity contribution in [3.8, 4) is 11.3 Å². The number of rotatable bonds is 5. The highest BCUT2D eigenvalue weighted by atomic mass is 32.2. The van der Waals surface area contributed by atoms with Crippen molar-refractivity contribution in [1.82, 2.24) is 14.7 Å². The molecule has 31 heavy (non-hydrogen) atoms. The second-order valence-electron chi connectivity index (χ2n) is 6.34. The third-order valence-corrected chi connectivity index (χ3v) is 5.52. The number of alkyl halides is 6. The molecule has 0 atom stereocenters. The fourth-order valence-electron chi connectivity index (χ4n) is 2.61. The summed E-state index contributed by atoms with van der Waals surface area (Å²) in [5, 5.41) is 0. The van der Waals surface area contributed by atoms with Gasteiger partial charge in [0.1, 0.15) is 12.0 Å². The zero-order chi connectivity index (χ0) is 22.9. The van der Waals surface area contributed by atoms with E-state index in [4.69, 9.17) is 0 Å². The highest BCUT2D eigenvalue weighted by Gasteiger charge is 2.33. The molecule has 0 aliphatic rings. The van der Waals surface area contributed by atoms with Gasteiger partial charge in [-0.15, -0.1) is 0 Å². The summed E-state index contributed by atoms with van der Waals surface area (Å²) in [4.78, 5) is 6.41. The summed E-state index contributed by atoms with van der Waals surface area (Å²) in [6, 6.07) is 9.90. The van der Waals surface area contributed by atoms with Gasteiger partial charge in [0.2, 0.25) is 10.0 Å². The Morgan fingerprint density at radius 1 is 0.839 bits per heavy atom. The van der Waals surface area contributed by atoms with Gasteiger partial charge in [0.05, 0.1) is 16.2 Å². The molecule has 0 aliphatic heterocycles. The molecule has 0 saturated heterocycles. The van der Waals surface area contributed by atoms with E-state index in [0.717, 1.165) is 30.6 Å². The molecule has 0 amide bonds. The maximum Gasteiger partial charge on any atom is 0.433 e. The number of halogens is 6. The lowest BCUT2D eigenvalue weighted by Gasteiger charge is -2.11. The number of hydrogen-bond acceptors (Lipinski definition) is 4. The first kappa shape index (κ1) is 22.7. The van der Waals surface area contributed by atoms with Gasteiger partial charge in [-0.2, -0.15) is 26.3 Å². The Balaban J connectivity index is 1.81. The largest absolute Gasteiger partial charge is 0.433 e. The van der Waals surface area contributed by atoms with Crippen molar-refractivity contribution in [3.63, 3.8) is 0 Å². The fourth-order valence-corrected chi connectivity index (χ4v) is 3.68. The van der Waals surface area contributed by atoms with Crippen LogP contribution in [-0.2, 0) is 28.9 Å². The van der Waals surface area contributed by atoms with Crippen LogP contribution in [0.1, 0.15) is 16.8 Å². The van der Waals surface area contributed by atoms with Crippen molar-refractivity contribution in [2.75, 3.05) is 0 Å². The van der Waals surface area contributed by atoms with E-state index in [-0.39, 0.29) is 17.8 Å². The molecular formula is C19H13F6N3O2S. The van der Waals surface area contributed by atoms with Crippen LogP contribution in [0.3, 0.4) is 0 Å².